The lowest BCUT2D eigenvalue weighted by Crippen LogP contribution is -2.28. The number of aromatic nitrogens is 1. The first-order chi connectivity index (χ1) is 7.43. The Morgan fingerprint density at radius 2 is 2.25 bits per heavy atom. The molecule has 2 rings (SSSR count). The monoisotopic (exact) mass is 239 g/mol. The SMILES string of the molecule is CCN(C)c1nc2c(s1)C(N)CC(C)(C)C2. The van der Waals surface area contributed by atoms with Crippen LogP contribution in [0.3, 0.4) is 0 Å². The second-order valence-electron chi connectivity index (χ2n) is 5.47. The van der Waals surface area contributed by atoms with Crippen LogP contribution >= 0.6 is 11.3 Å². The Hall–Kier alpha value is -0.610. The molecule has 90 valence electrons. The number of nitrogens with zero attached hydrogens (tertiary/aromatic N) is 2. The molecule has 0 bridgehead atoms. The Kier molecular flexibility index (Phi) is 2.97. The molecule has 2 N–H and O–H groups in total. The molecule has 1 unspecified atom stereocenters. The van der Waals surface area contributed by atoms with Crippen molar-refractivity contribution >= 4 is 16.5 Å². The first kappa shape index (κ1) is 11.9. The van der Waals surface area contributed by atoms with Gasteiger partial charge in [-0.2, -0.15) is 0 Å². The van der Waals surface area contributed by atoms with Crippen LogP contribution in [0.1, 0.15) is 43.8 Å². The number of hydrogen-bond donors (Lipinski definition) is 1. The first-order valence-electron chi connectivity index (χ1n) is 5.89. The summed E-state index contributed by atoms with van der Waals surface area (Å²) in [5.74, 6) is 0. The van der Waals surface area contributed by atoms with Crippen LogP contribution in [0.4, 0.5) is 5.13 Å². The van der Waals surface area contributed by atoms with Crippen LogP contribution in [0.25, 0.3) is 0 Å². The molecular formula is C12H21N3S. The van der Waals surface area contributed by atoms with Gasteiger partial charge in [0.25, 0.3) is 0 Å². The molecule has 0 spiro atoms. The van der Waals surface area contributed by atoms with Crippen molar-refractivity contribution in [1.29, 1.82) is 0 Å². The maximum absolute atomic E-state index is 6.23. The molecule has 0 aliphatic heterocycles. The molecule has 16 heavy (non-hydrogen) atoms. The van der Waals surface area contributed by atoms with Crippen molar-refractivity contribution in [3.8, 4) is 0 Å². The average Bonchev–Trinajstić information content (AvgIpc) is 2.58. The summed E-state index contributed by atoms with van der Waals surface area (Å²) in [6.45, 7) is 7.69. The lowest BCUT2D eigenvalue weighted by molar-refractivity contribution is 0.282. The summed E-state index contributed by atoms with van der Waals surface area (Å²) in [5, 5.41) is 1.11. The molecule has 1 heterocycles. The number of rotatable bonds is 2. The van der Waals surface area contributed by atoms with Gasteiger partial charge < -0.3 is 10.6 Å². The second kappa shape index (κ2) is 4.00. The van der Waals surface area contributed by atoms with Gasteiger partial charge in [0.05, 0.1) is 5.69 Å². The van der Waals surface area contributed by atoms with Gasteiger partial charge in [-0.3, -0.25) is 0 Å². The van der Waals surface area contributed by atoms with E-state index in [0.717, 1.165) is 24.5 Å². The lowest BCUT2D eigenvalue weighted by Gasteiger charge is -2.32. The lowest BCUT2D eigenvalue weighted by atomic mass is 9.77. The molecule has 4 heteroatoms. The van der Waals surface area contributed by atoms with Gasteiger partial charge in [-0.05, 0) is 25.2 Å². The van der Waals surface area contributed by atoms with E-state index in [9.17, 15) is 0 Å². The van der Waals surface area contributed by atoms with E-state index in [1.54, 1.807) is 11.3 Å². The Labute approximate surface area is 102 Å². The van der Waals surface area contributed by atoms with E-state index in [1.807, 2.05) is 0 Å². The van der Waals surface area contributed by atoms with Crippen molar-refractivity contribution in [3.63, 3.8) is 0 Å². The topological polar surface area (TPSA) is 42.2 Å². The molecule has 1 aromatic rings. The zero-order chi connectivity index (χ0) is 11.9. The Bertz CT molecular complexity index is 384. The van der Waals surface area contributed by atoms with Crippen LogP contribution in [0.5, 0.6) is 0 Å². The van der Waals surface area contributed by atoms with Crippen LogP contribution in [-0.4, -0.2) is 18.6 Å². The van der Waals surface area contributed by atoms with Crippen molar-refractivity contribution in [2.24, 2.45) is 11.1 Å². The van der Waals surface area contributed by atoms with E-state index in [-0.39, 0.29) is 6.04 Å². The van der Waals surface area contributed by atoms with Crippen LogP contribution < -0.4 is 10.6 Å². The summed E-state index contributed by atoms with van der Waals surface area (Å²) in [6.07, 6.45) is 2.13. The zero-order valence-electron chi connectivity index (χ0n) is 10.6. The molecule has 3 nitrogen and oxygen atoms in total. The quantitative estimate of drug-likeness (QED) is 0.862. The van der Waals surface area contributed by atoms with Gasteiger partial charge in [0.15, 0.2) is 5.13 Å². The molecule has 0 aromatic carbocycles. The Morgan fingerprint density at radius 1 is 1.56 bits per heavy atom. The molecule has 0 amide bonds. The minimum absolute atomic E-state index is 0.176. The maximum Gasteiger partial charge on any atom is 0.185 e. The molecule has 0 saturated carbocycles. The fraction of sp³-hybridized carbons (Fsp3) is 0.750. The number of fused-ring (bicyclic) bond motifs is 1. The molecule has 1 atom stereocenters. The minimum Gasteiger partial charge on any atom is -0.351 e. The number of thiazole rings is 1. The molecule has 0 radical (unpaired) electrons. The highest BCUT2D eigenvalue weighted by atomic mass is 32.1. The third-order valence-electron chi connectivity index (χ3n) is 3.27. The highest BCUT2D eigenvalue weighted by molar-refractivity contribution is 7.15. The van der Waals surface area contributed by atoms with E-state index in [1.165, 1.54) is 10.6 Å². The summed E-state index contributed by atoms with van der Waals surface area (Å²) in [7, 11) is 2.08. The zero-order valence-corrected chi connectivity index (χ0v) is 11.4. The third-order valence-corrected chi connectivity index (χ3v) is 4.62. The van der Waals surface area contributed by atoms with E-state index in [0.29, 0.717) is 5.41 Å². The van der Waals surface area contributed by atoms with Crippen molar-refractivity contribution in [1.82, 2.24) is 4.98 Å². The van der Waals surface area contributed by atoms with Gasteiger partial charge in [0, 0.05) is 24.5 Å². The van der Waals surface area contributed by atoms with Crippen molar-refractivity contribution in [2.75, 3.05) is 18.5 Å². The van der Waals surface area contributed by atoms with Gasteiger partial charge in [-0.1, -0.05) is 13.8 Å². The highest BCUT2D eigenvalue weighted by Gasteiger charge is 2.33. The minimum atomic E-state index is 0.176. The summed E-state index contributed by atoms with van der Waals surface area (Å²) >= 11 is 1.77. The number of nitrogens with two attached hydrogens (primary N) is 1. The van der Waals surface area contributed by atoms with Crippen LogP contribution in [0.2, 0.25) is 0 Å². The summed E-state index contributed by atoms with van der Waals surface area (Å²) in [4.78, 5) is 8.22. The van der Waals surface area contributed by atoms with Gasteiger partial charge >= 0.3 is 0 Å². The predicted octanol–water partition coefficient (Wildman–Crippen LogP) is 2.57. The van der Waals surface area contributed by atoms with Crippen molar-refractivity contribution in [2.45, 2.75) is 39.7 Å². The first-order valence-corrected chi connectivity index (χ1v) is 6.71. The summed E-state index contributed by atoms with van der Waals surface area (Å²) in [5.41, 5.74) is 7.75. The Balaban J connectivity index is 2.34. The summed E-state index contributed by atoms with van der Waals surface area (Å²) < 4.78 is 0. The van der Waals surface area contributed by atoms with Gasteiger partial charge in [-0.25, -0.2) is 4.98 Å². The molecule has 1 aliphatic rings. The third kappa shape index (κ3) is 2.09. The molecule has 0 saturated heterocycles. The van der Waals surface area contributed by atoms with Crippen molar-refractivity contribution in [3.05, 3.63) is 10.6 Å². The standard InChI is InChI=1S/C12H21N3S/c1-5-15(4)11-14-9-7-12(2,3)6-8(13)10(9)16-11/h8H,5-7,13H2,1-4H3. The number of hydrogen-bond acceptors (Lipinski definition) is 4. The van der Waals surface area contributed by atoms with E-state index in [2.05, 4.69) is 32.7 Å². The van der Waals surface area contributed by atoms with E-state index in [4.69, 9.17) is 10.7 Å². The predicted molar refractivity (Wildman–Crippen MR) is 70.1 cm³/mol. The smallest absolute Gasteiger partial charge is 0.185 e. The van der Waals surface area contributed by atoms with E-state index < -0.39 is 0 Å². The second-order valence-corrected chi connectivity index (χ2v) is 6.48. The normalized spacial score (nSPS) is 22.9. The van der Waals surface area contributed by atoms with Gasteiger partial charge in [0.2, 0.25) is 0 Å². The van der Waals surface area contributed by atoms with Gasteiger partial charge in [0.1, 0.15) is 0 Å². The molecule has 1 aromatic heterocycles. The molecular weight excluding hydrogens is 218 g/mol. The van der Waals surface area contributed by atoms with Crippen LogP contribution in [0, 0.1) is 5.41 Å². The maximum atomic E-state index is 6.23. The van der Waals surface area contributed by atoms with Gasteiger partial charge in [-0.15, -0.1) is 11.3 Å². The largest absolute Gasteiger partial charge is 0.351 e. The number of anilines is 1. The average molecular weight is 239 g/mol. The fourth-order valence-electron chi connectivity index (χ4n) is 2.28. The summed E-state index contributed by atoms with van der Waals surface area (Å²) in [6, 6.07) is 0.176. The molecule has 1 aliphatic carbocycles. The fourth-order valence-corrected chi connectivity index (χ4v) is 3.39. The van der Waals surface area contributed by atoms with Crippen molar-refractivity contribution < 1.29 is 0 Å². The highest BCUT2D eigenvalue weighted by Crippen LogP contribution is 2.43. The van der Waals surface area contributed by atoms with Crippen LogP contribution in [0.15, 0.2) is 0 Å². The Morgan fingerprint density at radius 3 is 2.88 bits per heavy atom. The van der Waals surface area contributed by atoms with E-state index >= 15 is 0 Å². The van der Waals surface area contributed by atoms with Crippen LogP contribution in [-0.2, 0) is 6.42 Å². The molecule has 0 fully saturated rings.